The summed E-state index contributed by atoms with van der Waals surface area (Å²) in [5.41, 5.74) is 0.183. The van der Waals surface area contributed by atoms with E-state index < -0.39 is 0 Å². The minimum absolute atomic E-state index is 0.183. The van der Waals surface area contributed by atoms with Gasteiger partial charge in [-0.2, -0.15) is 0 Å². The summed E-state index contributed by atoms with van der Waals surface area (Å²) in [6, 6.07) is 1.64. The highest BCUT2D eigenvalue weighted by Crippen LogP contribution is 1.98. The molecule has 54 valence electrons. The van der Waals surface area contributed by atoms with Crippen molar-refractivity contribution >= 4 is 11.0 Å². The molecule has 2 aromatic rings. The molecule has 2 rings (SSSR count). The Morgan fingerprint density at radius 3 is 3.18 bits per heavy atom. The molecular formula is C5H3N5O. The monoisotopic (exact) mass is 149 g/mol. The normalized spacial score (nSPS) is 10.2. The zero-order valence-corrected chi connectivity index (χ0v) is 5.38. The van der Waals surface area contributed by atoms with Crippen molar-refractivity contribution in [3.8, 4) is 0 Å². The first-order chi connectivity index (χ1) is 5.38. The Morgan fingerprint density at radius 2 is 2.36 bits per heavy atom. The maximum Gasteiger partial charge on any atom is 0.385 e. The van der Waals surface area contributed by atoms with Gasteiger partial charge in [-0.25, -0.2) is 0 Å². The summed E-state index contributed by atoms with van der Waals surface area (Å²) in [6.45, 7) is 0. The summed E-state index contributed by atoms with van der Waals surface area (Å²) in [5, 5.41) is 25.3. The summed E-state index contributed by atoms with van der Waals surface area (Å²) >= 11 is 0. The first-order valence-corrected chi connectivity index (χ1v) is 2.91. The van der Waals surface area contributed by atoms with E-state index in [2.05, 4.69) is 20.5 Å². The van der Waals surface area contributed by atoms with Crippen molar-refractivity contribution in [2.24, 2.45) is 0 Å². The molecule has 0 atom stereocenters. The molecule has 2 aromatic heterocycles. The number of hydrogen-bond acceptors (Lipinski definition) is 5. The van der Waals surface area contributed by atoms with Gasteiger partial charge >= 0.3 is 5.65 Å². The Labute approximate surface area is 61.1 Å². The molecular weight excluding hydrogens is 146 g/mol. The highest BCUT2D eigenvalue weighted by atomic mass is 16.5. The molecule has 0 aliphatic carbocycles. The molecule has 0 N–H and O–H groups in total. The smallest absolute Gasteiger partial charge is 0.385 e. The van der Waals surface area contributed by atoms with Gasteiger partial charge in [-0.05, 0) is 6.07 Å². The Morgan fingerprint density at radius 1 is 1.45 bits per heavy atom. The van der Waals surface area contributed by atoms with Crippen molar-refractivity contribution in [1.82, 2.24) is 20.5 Å². The van der Waals surface area contributed by atoms with Crippen LogP contribution in [0.5, 0.6) is 0 Å². The third kappa shape index (κ3) is 0.841. The average molecular weight is 149 g/mol. The van der Waals surface area contributed by atoms with E-state index in [1.165, 1.54) is 12.4 Å². The van der Waals surface area contributed by atoms with Gasteiger partial charge in [0.25, 0.3) is 0 Å². The summed E-state index contributed by atoms with van der Waals surface area (Å²) < 4.78 is 0. The van der Waals surface area contributed by atoms with E-state index in [1.807, 2.05) is 0 Å². The fourth-order valence-corrected chi connectivity index (χ4v) is 0.767. The molecule has 0 amide bonds. The van der Waals surface area contributed by atoms with Crippen molar-refractivity contribution in [2.45, 2.75) is 0 Å². The van der Waals surface area contributed by atoms with E-state index in [4.69, 9.17) is 0 Å². The Bertz CT molecular complexity index is 384. The van der Waals surface area contributed by atoms with Gasteiger partial charge in [-0.1, -0.05) is 5.10 Å². The van der Waals surface area contributed by atoms with Crippen molar-refractivity contribution in [3.05, 3.63) is 23.7 Å². The fourth-order valence-electron chi connectivity index (χ4n) is 0.767. The van der Waals surface area contributed by atoms with Crippen LogP contribution in [0.15, 0.2) is 18.5 Å². The van der Waals surface area contributed by atoms with Gasteiger partial charge in [0.15, 0.2) is 0 Å². The maximum absolute atomic E-state index is 10.9. The standard InChI is InChI=1S/C5H3N5O/c11-10-5-4(1-2-7-10)3-6-9-8-5/h1-3H. The van der Waals surface area contributed by atoms with Crippen molar-refractivity contribution in [1.29, 1.82) is 0 Å². The molecule has 0 spiro atoms. The van der Waals surface area contributed by atoms with E-state index in [0.717, 1.165) is 0 Å². The molecule has 0 aliphatic heterocycles. The van der Waals surface area contributed by atoms with Gasteiger partial charge < -0.3 is 5.21 Å². The van der Waals surface area contributed by atoms with Gasteiger partial charge in [0.1, 0.15) is 5.10 Å². The van der Waals surface area contributed by atoms with Crippen LogP contribution in [0.25, 0.3) is 11.0 Å². The van der Waals surface area contributed by atoms with Gasteiger partial charge in [0.2, 0.25) is 0 Å². The van der Waals surface area contributed by atoms with Crippen LogP contribution >= 0.6 is 0 Å². The van der Waals surface area contributed by atoms with Crippen LogP contribution in [0.4, 0.5) is 0 Å². The molecule has 0 saturated carbocycles. The lowest BCUT2D eigenvalue weighted by atomic mass is 10.4. The number of rotatable bonds is 0. The van der Waals surface area contributed by atoms with Crippen molar-refractivity contribution < 1.29 is 4.85 Å². The first-order valence-electron chi connectivity index (χ1n) is 2.91. The fraction of sp³-hybridized carbons (Fsp3) is 0. The predicted octanol–water partition coefficient (Wildman–Crippen LogP) is -0.947. The topological polar surface area (TPSA) is 78.5 Å². The zero-order chi connectivity index (χ0) is 7.68. The molecule has 6 nitrogen and oxygen atoms in total. The van der Waals surface area contributed by atoms with E-state index in [-0.39, 0.29) is 5.65 Å². The Hall–Kier alpha value is -1.85. The van der Waals surface area contributed by atoms with E-state index in [9.17, 15) is 5.21 Å². The number of hydrogen-bond donors (Lipinski definition) is 0. The van der Waals surface area contributed by atoms with Gasteiger partial charge in [-0.15, -0.1) is 9.94 Å². The molecule has 0 bridgehead atoms. The summed E-state index contributed by atoms with van der Waals surface area (Å²) in [5.74, 6) is 0. The summed E-state index contributed by atoms with van der Waals surface area (Å²) in [4.78, 5) is 0.407. The number of nitrogens with zero attached hydrogens (tertiary/aromatic N) is 5. The van der Waals surface area contributed by atoms with Crippen LogP contribution in [-0.2, 0) is 0 Å². The van der Waals surface area contributed by atoms with Gasteiger partial charge in [-0.3, -0.25) is 0 Å². The zero-order valence-electron chi connectivity index (χ0n) is 5.38. The molecule has 0 aromatic carbocycles. The molecule has 11 heavy (non-hydrogen) atoms. The quantitative estimate of drug-likeness (QED) is 0.356. The number of fused-ring (bicyclic) bond motifs is 1. The van der Waals surface area contributed by atoms with Crippen LogP contribution in [0, 0.1) is 5.21 Å². The number of aromatic nitrogens is 5. The SMILES string of the molecule is [O-][n+]1nccc2cnnnc21. The van der Waals surface area contributed by atoms with E-state index in [1.54, 1.807) is 6.07 Å². The van der Waals surface area contributed by atoms with Gasteiger partial charge in [0, 0.05) is 0 Å². The minimum atomic E-state index is 0.183. The molecule has 0 radical (unpaired) electrons. The molecule has 0 fully saturated rings. The largest absolute Gasteiger partial charge is 0.690 e. The Kier molecular flexibility index (Phi) is 1.12. The van der Waals surface area contributed by atoms with E-state index in [0.29, 0.717) is 10.2 Å². The van der Waals surface area contributed by atoms with Crippen LogP contribution in [0.2, 0.25) is 0 Å². The second-order valence-corrected chi connectivity index (χ2v) is 1.92. The van der Waals surface area contributed by atoms with Crippen LogP contribution in [-0.4, -0.2) is 20.5 Å². The third-order valence-corrected chi connectivity index (χ3v) is 1.25. The summed E-state index contributed by atoms with van der Waals surface area (Å²) in [6.07, 6.45) is 2.84. The lowest BCUT2D eigenvalue weighted by Crippen LogP contribution is -2.32. The van der Waals surface area contributed by atoms with Crippen LogP contribution in [0.1, 0.15) is 0 Å². The van der Waals surface area contributed by atoms with Gasteiger partial charge in [0.05, 0.1) is 23.0 Å². The predicted molar refractivity (Wildman–Crippen MR) is 34.1 cm³/mol. The molecule has 0 saturated heterocycles. The van der Waals surface area contributed by atoms with Crippen LogP contribution in [0.3, 0.4) is 0 Å². The molecule has 6 heteroatoms. The molecule has 0 unspecified atom stereocenters. The summed E-state index contributed by atoms with van der Waals surface area (Å²) in [7, 11) is 0. The minimum Gasteiger partial charge on any atom is -0.690 e. The van der Waals surface area contributed by atoms with Crippen LogP contribution < -0.4 is 4.85 Å². The Balaban J connectivity index is 2.91. The third-order valence-electron chi connectivity index (χ3n) is 1.25. The highest BCUT2D eigenvalue weighted by Gasteiger charge is 2.04. The second kappa shape index (κ2) is 2.08. The second-order valence-electron chi connectivity index (χ2n) is 1.92. The lowest BCUT2D eigenvalue weighted by molar-refractivity contribution is -0.644. The maximum atomic E-state index is 10.9. The van der Waals surface area contributed by atoms with Crippen molar-refractivity contribution in [3.63, 3.8) is 0 Å². The lowest BCUT2D eigenvalue weighted by Gasteiger charge is -1.96. The average Bonchev–Trinajstić information content (AvgIpc) is 2.06. The first kappa shape index (κ1) is 5.90. The highest BCUT2D eigenvalue weighted by molar-refractivity contribution is 5.68. The van der Waals surface area contributed by atoms with Crippen molar-refractivity contribution in [2.75, 3.05) is 0 Å². The van der Waals surface area contributed by atoms with E-state index >= 15 is 0 Å². The molecule has 0 aliphatic rings. The molecule has 2 heterocycles.